The highest BCUT2D eigenvalue weighted by atomic mass is 32.2. The lowest BCUT2D eigenvalue weighted by Gasteiger charge is -2.23. The molecular weight excluding hydrogens is 472 g/mol. The summed E-state index contributed by atoms with van der Waals surface area (Å²) in [5, 5.41) is 8.69. The number of hydrogen-bond donors (Lipinski definition) is 2. The third-order valence-corrected chi connectivity index (χ3v) is 8.20. The fourth-order valence-corrected chi connectivity index (χ4v) is 6.27. The third-order valence-electron chi connectivity index (χ3n) is 7.50. The van der Waals surface area contributed by atoms with Gasteiger partial charge in [0.05, 0.1) is 24.5 Å². The van der Waals surface area contributed by atoms with Crippen molar-refractivity contribution in [1.82, 2.24) is 23.9 Å². The smallest absolute Gasteiger partial charge is 0.329 e. The normalized spacial score (nSPS) is 18.8. The van der Waals surface area contributed by atoms with E-state index >= 15 is 0 Å². The van der Waals surface area contributed by atoms with Gasteiger partial charge >= 0.3 is 6.03 Å². The molecule has 1 saturated carbocycles. The lowest BCUT2D eigenvalue weighted by atomic mass is 9.93. The van der Waals surface area contributed by atoms with Crippen LogP contribution in [0.2, 0.25) is 0 Å². The van der Waals surface area contributed by atoms with Gasteiger partial charge in [0.15, 0.2) is 0 Å². The molecule has 2 amide bonds. The molecule has 184 valence electrons. The molecule has 4 heterocycles. The van der Waals surface area contributed by atoms with Crippen LogP contribution in [-0.4, -0.2) is 31.8 Å². The molecule has 4 aromatic rings. The van der Waals surface area contributed by atoms with Crippen molar-refractivity contribution >= 4 is 29.3 Å². The van der Waals surface area contributed by atoms with Gasteiger partial charge in [0.25, 0.3) is 0 Å². The third kappa shape index (κ3) is 3.87. The Morgan fingerprint density at radius 2 is 2.11 bits per heavy atom. The zero-order valence-corrected chi connectivity index (χ0v) is 21.0. The van der Waals surface area contributed by atoms with E-state index in [2.05, 4.69) is 46.2 Å². The number of carbonyl (C=O) groups is 1. The Morgan fingerprint density at radius 3 is 3.00 bits per heavy atom. The predicted molar refractivity (Wildman–Crippen MR) is 139 cm³/mol. The first-order chi connectivity index (χ1) is 17.6. The number of nitrogens with one attached hydrogen (secondary N) is 2. The predicted octanol–water partition coefficient (Wildman–Crippen LogP) is 5.31. The number of anilines is 1. The van der Waals surface area contributed by atoms with Crippen molar-refractivity contribution in [3.8, 4) is 11.1 Å². The monoisotopic (exact) mass is 500 g/mol. The first-order valence-corrected chi connectivity index (χ1v) is 13.5. The van der Waals surface area contributed by atoms with Crippen LogP contribution in [0.3, 0.4) is 0 Å². The Morgan fingerprint density at radius 1 is 1.19 bits per heavy atom. The number of pyridine rings is 1. The molecule has 9 heteroatoms. The Labute approximate surface area is 213 Å². The van der Waals surface area contributed by atoms with Crippen LogP contribution in [0.4, 0.5) is 10.5 Å². The van der Waals surface area contributed by atoms with Gasteiger partial charge in [-0.1, -0.05) is 6.07 Å². The number of ether oxygens (including phenoxy) is 1. The number of urea groups is 1. The van der Waals surface area contributed by atoms with Crippen LogP contribution in [0.25, 0.3) is 16.8 Å². The molecule has 1 atom stereocenters. The Kier molecular flexibility index (Phi) is 5.28. The Hall–Kier alpha value is -3.30. The van der Waals surface area contributed by atoms with Crippen molar-refractivity contribution in [2.75, 3.05) is 11.9 Å². The molecule has 0 spiro atoms. The van der Waals surface area contributed by atoms with Gasteiger partial charge in [-0.2, -0.15) is 5.10 Å². The van der Waals surface area contributed by atoms with Crippen molar-refractivity contribution < 1.29 is 9.53 Å². The molecule has 2 aliphatic carbocycles. The minimum atomic E-state index is -0.246. The quantitative estimate of drug-likeness (QED) is 0.363. The molecule has 1 unspecified atom stereocenters. The van der Waals surface area contributed by atoms with Crippen LogP contribution >= 0.6 is 11.9 Å². The molecule has 8 nitrogen and oxygen atoms in total. The maximum atomic E-state index is 13.2. The fourth-order valence-electron chi connectivity index (χ4n) is 5.70. The SMILES string of the molecule is Cc1cc2c(c(NC(=O)NSc3cc4n(n3)CCOC4C3CC3)c1-c1ccn3ccnc3c1)CCC2. The van der Waals surface area contributed by atoms with E-state index in [9.17, 15) is 4.79 Å². The van der Waals surface area contributed by atoms with Gasteiger partial charge in [0.1, 0.15) is 16.8 Å². The Bertz CT molecular complexity index is 1490. The fraction of sp³-hybridized carbons (Fsp3) is 0.370. The highest BCUT2D eigenvalue weighted by Crippen LogP contribution is 2.45. The molecule has 0 radical (unpaired) electrons. The van der Waals surface area contributed by atoms with Crippen LogP contribution in [0, 0.1) is 12.8 Å². The number of amides is 2. The lowest BCUT2D eigenvalue weighted by molar-refractivity contribution is 0.00273. The summed E-state index contributed by atoms with van der Waals surface area (Å²) in [4.78, 5) is 17.6. The van der Waals surface area contributed by atoms with E-state index in [1.165, 1.54) is 35.9 Å². The topological polar surface area (TPSA) is 85.5 Å². The average Bonchev–Trinajstić information content (AvgIpc) is 3.25. The van der Waals surface area contributed by atoms with Crippen molar-refractivity contribution in [2.24, 2.45) is 5.92 Å². The van der Waals surface area contributed by atoms with Crippen LogP contribution in [0.5, 0.6) is 0 Å². The summed E-state index contributed by atoms with van der Waals surface area (Å²) < 4.78 is 13.0. The molecule has 0 saturated heterocycles. The minimum absolute atomic E-state index is 0.138. The van der Waals surface area contributed by atoms with Crippen molar-refractivity contribution in [2.45, 2.75) is 56.7 Å². The van der Waals surface area contributed by atoms with E-state index in [1.54, 1.807) is 6.20 Å². The number of aryl methyl sites for hydroxylation is 2. The van der Waals surface area contributed by atoms with Gasteiger partial charge in [-0.3, -0.25) is 9.40 Å². The summed E-state index contributed by atoms with van der Waals surface area (Å²) in [6.07, 6.45) is 11.4. The second-order valence-corrected chi connectivity index (χ2v) is 10.8. The first-order valence-electron chi connectivity index (χ1n) is 12.7. The maximum absolute atomic E-state index is 13.2. The molecule has 3 aromatic heterocycles. The van der Waals surface area contributed by atoms with Crippen molar-refractivity contribution in [3.63, 3.8) is 0 Å². The van der Waals surface area contributed by atoms with Crippen LogP contribution < -0.4 is 10.0 Å². The second-order valence-electron chi connectivity index (χ2n) is 9.96. The van der Waals surface area contributed by atoms with Crippen molar-refractivity contribution in [1.29, 1.82) is 0 Å². The minimum Gasteiger partial charge on any atom is -0.370 e. The van der Waals surface area contributed by atoms with Gasteiger partial charge in [0, 0.05) is 36.1 Å². The van der Waals surface area contributed by atoms with Gasteiger partial charge in [-0.05, 0) is 85.4 Å². The molecule has 1 fully saturated rings. The summed E-state index contributed by atoms with van der Waals surface area (Å²) >= 11 is 1.25. The van der Waals surface area contributed by atoms with Gasteiger partial charge in [-0.15, -0.1) is 0 Å². The summed E-state index contributed by atoms with van der Waals surface area (Å²) in [7, 11) is 0. The van der Waals surface area contributed by atoms with Crippen LogP contribution in [0.15, 0.2) is 47.9 Å². The Balaban J connectivity index is 1.15. The molecular formula is C27H28N6O2S. The second kappa shape index (κ2) is 8.67. The van der Waals surface area contributed by atoms with Gasteiger partial charge in [-0.25, -0.2) is 9.78 Å². The highest BCUT2D eigenvalue weighted by molar-refractivity contribution is 7.97. The molecule has 1 aliphatic heterocycles. The number of nitrogens with zero attached hydrogens (tertiary/aromatic N) is 4. The van der Waals surface area contributed by atoms with Gasteiger partial charge < -0.3 is 14.5 Å². The van der Waals surface area contributed by atoms with E-state index in [0.29, 0.717) is 12.5 Å². The first kappa shape index (κ1) is 21.9. The van der Waals surface area contributed by atoms with E-state index < -0.39 is 0 Å². The molecule has 0 bridgehead atoms. The number of rotatable bonds is 5. The molecule has 2 N–H and O–H groups in total. The molecule has 3 aliphatic rings. The number of carbonyl (C=O) groups excluding carboxylic acids is 1. The molecule has 36 heavy (non-hydrogen) atoms. The summed E-state index contributed by atoms with van der Waals surface area (Å²) in [6, 6.07) is 8.26. The largest absolute Gasteiger partial charge is 0.370 e. The summed E-state index contributed by atoms with van der Waals surface area (Å²) in [5.41, 5.74) is 8.75. The lowest BCUT2D eigenvalue weighted by Crippen LogP contribution is -2.24. The zero-order valence-electron chi connectivity index (χ0n) is 20.2. The number of fused-ring (bicyclic) bond motifs is 3. The van der Waals surface area contributed by atoms with Crippen LogP contribution in [-0.2, 0) is 24.1 Å². The van der Waals surface area contributed by atoms with Gasteiger partial charge in [0.2, 0.25) is 0 Å². The number of benzene rings is 1. The van der Waals surface area contributed by atoms with E-state index in [1.807, 2.05) is 21.5 Å². The van der Waals surface area contributed by atoms with Crippen LogP contribution in [0.1, 0.15) is 47.8 Å². The standard InChI is InChI=1S/C27H28N6O2S/c1-16-13-18-3-2-4-20(18)25(24(16)19-7-9-32-10-8-28-22(32)14-19)29-27(34)31-36-23-15-21-26(17-5-6-17)35-12-11-33(21)30-23/h7-10,13-15,17,26H,2-6,11-12H2,1H3,(H2,29,31,34). The highest BCUT2D eigenvalue weighted by Gasteiger charge is 2.37. The zero-order chi connectivity index (χ0) is 24.2. The van der Waals surface area contributed by atoms with E-state index in [4.69, 9.17) is 9.84 Å². The summed E-state index contributed by atoms with van der Waals surface area (Å²) in [5.74, 6) is 0.609. The van der Waals surface area contributed by atoms with Crippen molar-refractivity contribution in [3.05, 3.63) is 65.2 Å². The molecule has 7 rings (SSSR count). The summed E-state index contributed by atoms with van der Waals surface area (Å²) in [6.45, 7) is 3.57. The molecule has 1 aromatic carbocycles. The maximum Gasteiger partial charge on any atom is 0.329 e. The number of aromatic nitrogens is 4. The van der Waals surface area contributed by atoms with E-state index in [-0.39, 0.29) is 12.1 Å². The number of hydrogen-bond acceptors (Lipinski definition) is 5. The number of imidazole rings is 1. The average molecular weight is 501 g/mol. The van der Waals surface area contributed by atoms with E-state index in [0.717, 1.165) is 64.6 Å².